The van der Waals surface area contributed by atoms with E-state index in [1.165, 1.54) is 5.52 Å². The van der Waals surface area contributed by atoms with Crippen LogP contribution in [0.3, 0.4) is 0 Å². The lowest BCUT2D eigenvalue weighted by Gasteiger charge is -2.05. The van der Waals surface area contributed by atoms with E-state index in [2.05, 4.69) is 39.7 Å². The minimum atomic E-state index is 0.972. The van der Waals surface area contributed by atoms with Crippen molar-refractivity contribution in [3.8, 4) is 11.5 Å². The zero-order valence-corrected chi connectivity index (χ0v) is 10.4. The van der Waals surface area contributed by atoms with Crippen molar-refractivity contribution in [3.05, 3.63) is 35.2 Å². The lowest BCUT2D eigenvalue weighted by molar-refractivity contribution is 0.703. The molecule has 3 aromatic rings. The van der Waals surface area contributed by atoms with E-state index in [1.54, 1.807) is 11.3 Å². The molecular formula is C13H13N3S. The molecule has 17 heavy (non-hydrogen) atoms. The topological polar surface area (TPSA) is 30.7 Å². The molecule has 0 amide bonds. The molecular weight excluding hydrogens is 230 g/mol. The number of thiazole rings is 1. The molecule has 3 rings (SSSR count). The smallest absolute Gasteiger partial charge is 0.160 e. The van der Waals surface area contributed by atoms with Crippen molar-refractivity contribution in [2.24, 2.45) is 0 Å². The van der Waals surface area contributed by atoms with E-state index < -0.39 is 0 Å². The number of hydrogen-bond donors (Lipinski definition) is 0. The van der Waals surface area contributed by atoms with E-state index in [4.69, 9.17) is 0 Å². The van der Waals surface area contributed by atoms with Gasteiger partial charge in [-0.3, -0.25) is 0 Å². The largest absolute Gasteiger partial charge is 0.323 e. The summed E-state index contributed by atoms with van der Waals surface area (Å²) in [4.78, 5) is 9.04. The molecule has 0 unspecified atom stereocenters. The van der Waals surface area contributed by atoms with Crippen molar-refractivity contribution in [2.75, 3.05) is 0 Å². The van der Waals surface area contributed by atoms with Crippen molar-refractivity contribution in [2.45, 2.75) is 19.9 Å². The summed E-state index contributed by atoms with van der Waals surface area (Å²) >= 11 is 1.61. The van der Waals surface area contributed by atoms with E-state index in [0.717, 1.165) is 30.0 Å². The zero-order valence-electron chi connectivity index (χ0n) is 9.63. The molecule has 2 heterocycles. The number of para-hydroxylation sites is 2. The number of fused-ring (bicyclic) bond motifs is 1. The van der Waals surface area contributed by atoms with Gasteiger partial charge in [-0.2, -0.15) is 0 Å². The van der Waals surface area contributed by atoms with Gasteiger partial charge in [-0.15, -0.1) is 11.3 Å². The Hall–Kier alpha value is -1.68. The van der Waals surface area contributed by atoms with Crippen LogP contribution in [0.2, 0.25) is 0 Å². The third-order valence-electron chi connectivity index (χ3n) is 2.76. The molecule has 0 aliphatic heterocycles. The second-order valence-corrected chi connectivity index (χ2v) is 4.67. The van der Waals surface area contributed by atoms with Crippen LogP contribution in [0.25, 0.3) is 22.6 Å². The maximum atomic E-state index is 4.68. The van der Waals surface area contributed by atoms with E-state index in [-0.39, 0.29) is 0 Å². The first-order valence-corrected chi connectivity index (χ1v) is 6.68. The highest BCUT2D eigenvalue weighted by molar-refractivity contribution is 7.07. The number of hydrogen-bond acceptors (Lipinski definition) is 3. The van der Waals surface area contributed by atoms with Gasteiger partial charge in [0.05, 0.1) is 16.5 Å². The summed E-state index contributed by atoms with van der Waals surface area (Å²) in [5, 5.41) is 2.05. The third kappa shape index (κ3) is 1.74. The normalized spacial score (nSPS) is 11.1. The monoisotopic (exact) mass is 243 g/mol. The SMILES string of the molecule is CCCn1c(-c2cscn2)nc2ccccc21. The van der Waals surface area contributed by atoms with Crippen molar-refractivity contribution in [1.29, 1.82) is 0 Å². The Balaban J connectivity index is 2.26. The molecule has 0 saturated heterocycles. The highest BCUT2D eigenvalue weighted by Gasteiger charge is 2.12. The van der Waals surface area contributed by atoms with Crippen molar-refractivity contribution < 1.29 is 0 Å². The van der Waals surface area contributed by atoms with Crippen molar-refractivity contribution in [3.63, 3.8) is 0 Å². The molecule has 0 aliphatic rings. The molecule has 0 aliphatic carbocycles. The summed E-state index contributed by atoms with van der Waals surface area (Å²) in [5.74, 6) is 0.981. The predicted molar refractivity (Wildman–Crippen MR) is 71.1 cm³/mol. The van der Waals surface area contributed by atoms with Crippen LogP contribution in [0.15, 0.2) is 35.2 Å². The van der Waals surface area contributed by atoms with E-state index >= 15 is 0 Å². The average molecular weight is 243 g/mol. The summed E-state index contributed by atoms with van der Waals surface area (Å²) in [6.45, 7) is 3.16. The van der Waals surface area contributed by atoms with E-state index in [9.17, 15) is 0 Å². The molecule has 0 bridgehead atoms. The maximum Gasteiger partial charge on any atom is 0.160 e. The van der Waals surface area contributed by atoms with Gasteiger partial charge in [-0.05, 0) is 18.6 Å². The van der Waals surface area contributed by atoms with Crippen LogP contribution in [0.5, 0.6) is 0 Å². The number of aromatic nitrogens is 3. The van der Waals surface area contributed by atoms with Gasteiger partial charge in [-0.25, -0.2) is 9.97 Å². The number of nitrogens with zero attached hydrogens (tertiary/aromatic N) is 3. The Labute approximate surface area is 104 Å². The Bertz CT molecular complexity index is 625. The Morgan fingerprint density at radius 3 is 2.94 bits per heavy atom. The van der Waals surface area contributed by atoms with Crippen LogP contribution in [0.4, 0.5) is 0 Å². The van der Waals surface area contributed by atoms with Crippen LogP contribution < -0.4 is 0 Å². The second-order valence-electron chi connectivity index (χ2n) is 3.95. The molecule has 0 spiro atoms. The lowest BCUT2D eigenvalue weighted by atomic mass is 10.3. The van der Waals surface area contributed by atoms with Gasteiger partial charge in [-0.1, -0.05) is 19.1 Å². The van der Waals surface area contributed by atoms with Gasteiger partial charge < -0.3 is 4.57 Å². The molecule has 4 heteroatoms. The van der Waals surface area contributed by atoms with Gasteiger partial charge in [0.1, 0.15) is 5.69 Å². The molecule has 1 aromatic carbocycles. The fourth-order valence-corrected chi connectivity index (χ4v) is 2.57. The summed E-state index contributed by atoms with van der Waals surface area (Å²) in [7, 11) is 0. The van der Waals surface area contributed by atoms with Crippen LogP contribution in [-0.2, 0) is 6.54 Å². The Morgan fingerprint density at radius 1 is 1.29 bits per heavy atom. The summed E-state index contributed by atoms with van der Waals surface area (Å²) in [6, 6.07) is 8.25. The number of rotatable bonds is 3. The quantitative estimate of drug-likeness (QED) is 0.704. The molecule has 0 N–H and O–H groups in total. The zero-order chi connectivity index (χ0) is 11.7. The van der Waals surface area contributed by atoms with E-state index in [0.29, 0.717) is 0 Å². The van der Waals surface area contributed by atoms with Gasteiger partial charge >= 0.3 is 0 Å². The first kappa shape index (κ1) is 10.5. The van der Waals surface area contributed by atoms with Gasteiger partial charge in [0.2, 0.25) is 0 Å². The van der Waals surface area contributed by atoms with Gasteiger partial charge in [0, 0.05) is 11.9 Å². The summed E-state index contributed by atoms with van der Waals surface area (Å²) in [5.41, 5.74) is 5.06. The highest BCUT2D eigenvalue weighted by Crippen LogP contribution is 2.24. The Morgan fingerprint density at radius 2 is 2.18 bits per heavy atom. The molecule has 0 atom stereocenters. The van der Waals surface area contributed by atoms with Crippen molar-refractivity contribution in [1.82, 2.24) is 14.5 Å². The van der Waals surface area contributed by atoms with E-state index in [1.807, 2.05) is 17.0 Å². The molecule has 0 radical (unpaired) electrons. The van der Waals surface area contributed by atoms with Gasteiger partial charge in [0.15, 0.2) is 5.82 Å². The number of imidazole rings is 1. The standard InChI is InChI=1S/C13H13N3S/c1-2-7-16-12-6-4-3-5-10(12)15-13(16)11-8-17-9-14-11/h3-6,8-9H,2,7H2,1H3. The van der Waals surface area contributed by atoms with Crippen LogP contribution in [0, 0.1) is 0 Å². The molecule has 0 saturated carbocycles. The minimum Gasteiger partial charge on any atom is -0.323 e. The molecule has 2 aromatic heterocycles. The molecule has 0 fully saturated rings. The number of aryl methyl sites for hydroxylation is 1. The fraction of sp³-hybridized carbons (Fsp3) is 0.231. The number of benzene rings is 1. The van der Waals surface area contributed by atoms with Crippen LogP contribution in [-0.4, -0.2) is 14.5 Å². The third-order valence-corrected chi connectivity index (χ3v) is 3.35. The minimum absolute atomic E-state index is 0.972. The summed E-state index contributed by atoms with van der Waals surface area (Å²) < 4.78 is 2.25. The first-order chi connectivity index (χ1) is 8.40. The Kier molecular flexibility index (Phi) is 2.65. The van der Waals surface area contributed by atoms with Crippen LogP contribution in [0.1, 0.15) is 13.3 Å². The molecule has 3 nitrogen and oxygen atoms in total. The lowest BCUT2D eigenvalue weighted by Crippen LogP contribution is -1.99. The van der Waals surface area contributed by atoms with Crippen molar-refractivity contribution >= 4 is 22.4 Å². The fourth-order valence-electron chi connectivity index (χ4n) is 2.04. The molecule has 86 valence electrons. The average Bonchev–Trinajstić information content (AvgIpc) is 2.97. The maximum absolute atomic E-state index is 4.68. The predicted octanol–water partition coefficient (Wildman–Crippen LogP) is 3.57. The second kappa shape index (κ2) is 4.30. The highest BCUT2D eigenvalue weighted by atomic mass is 32.1. The summed E-state index contributed by atoms with van der Waals surface area (Å²) in [6.07, 6.45) is 1.09. The van der Waals surface area contributed by atoms with Crippen LogP contribution >= 0.6 is 11.3 Å². The first-order valence-electron chi connectivity index (χ1n) is 5.74. The van der Waals surface area contributed by atoms with Gasteiger partial charge in [0.25, 0.3) is 0 Å².